The predicted molar refractivity (Wildman–Crippen MR) is 68.3 cm³/mol. The van der Waals surface area contributed by atoms with Crippen LogP contribution in [0.1, 0.15) is 18.0 Å². The summed E-state index contributed by atoms with van der Waals surface area (Å²) in [4.78, 5) is 8.08. The van der Waals surface area contributed by atoms with Gasteiger partial charge in [-0.1, -0.05) is 12.2 Å². The predicted octanol–water partition coefficient (Wildman–Crippen LogP) is -0.281. The van der Waals surface area contributed by atoms with Gasteiger partial charge in [0.1, 0.15) is 6.33 Å². The molecule has 3 rings (SSSR count). The summed E-state index contributed by atoms with van der Waals surface area (Å²) in [6, 6.07) is 0. The number of aliphatic hydroxyl groups is 2. The highest BCUT2D eigenvalue weighted by atomic mass is 16.3. The normalized spacial score (nSPS) is 27.3. The van der Waals surface area contributed by atoms with Crippen LogP contribution in [0.4, 0.5) is 5.82 Å². The molecule has 1 fully saturated rings. The van der Waals surface area contributed by atoms with Crippen molar-refractivity contribution in [2.75, 3.05) is 12.3 Å². The lowest BCUT2D eigenvalue weighted by Gasteiger charge is -2.13. The van der Waals surface area contributed by atoms with E-state index in [9.17, 15) is 10.2 Å². The smallest absolute Gasteiger partial charge is 0.196 e. The molecule has 7 heteroatoms. The number of nitrogens with two attached hydrogens (primary N) is 1. The van der Waals surface area contributed by atoms with Crippen LogP contribution >= 0.6 is 0 Å². The Hall–Kier alpha value is -1.99. The van der Waals surface area contributed by atoms with E-state index in [1.807, 2.05) is 0 Å². The molecule has 3 atom stereocenters. The van der Waals surface area contributed by atoms with Crippen molar-refractivity contribution in [3.05, 3.63) is 30.4 Å². The number of imidazole rings is 1. The fourth-order valence-electron chi connectivity index (χ4n) is 2.70. The summed E-state index contributed by atoms with van der Waals surface area (Å²) in [6.45, 7) is 3.88. The zero-order chi connectivity index (χ0) is 13.6. The third-order valence-electron chi connectivity index (χ3n) is 3.78. The highest BCUT2D eigenvalue weighted by Crippen LogP contribution is 2.42. The lowest BCUT2D eigenvalue weighted by molar-refractivity contribution is 0.102. The van der Waals surface area contributed by atoms with Crippen LogP contribution in [0.5, 0.6) is 0 Å². The van der Waals surface area contributed by atoms with E-state index in [1.54, 1.807) is 10.7 Å². The molecule has 2 heterocycles. The molecular weight excluding hydrogens is 246 g/mol. The molecule has 100 valence electrons. The quantitative estimate of drug-likeness (QED) is 0.641. The van der Waals surface area contributed by atoms with Crippen LogP contribution in [0.3, 0.4) is 0 Å². The number of nitrogen functional groups attached to an aromatic ring is 1. The summed E-state index contributed by atoms with van der Waals surface area (Å²) in [5, 5.41) is 23.4. The molecule has 4 N–H and O–H groups in total. The van der Waals surface area contributed by atoms with Crippen LogP contribution in [0.2, 0.25) is 0 Å². The Balaban J connectivity index is 2.06. The lowest BCUT2D eigenvalue weighted by Crippen LogP contribution is -2.17. The number of nitrogens with zero attached hydrogens (tertiary/aromatic N) is 4. The van der Waals surface area contributed by atoms with Gasteiger partial charge in [-0.3, -0.25) is 0 Å². The summed E-state index contributed by atoms with van der Waals surface area (Å²) < 4.78 is 1.62. The van der Waals surface area contributed by atoms with Crippen molar-refractivity contribution < 1.29 is 10.2 Å². The van der Waals surface area contributed by atoms with E-state index < -0.39 is 6.10 Å². The van der Waals surface area contributed by atoms with Gasteiger partial charge in [0, 0.05) is 11.8 Å². The van der Waals surface area contributed by atoms with Crippen molar-refractivity contribution >= 4 is 11.5 Å². The molecule has 19 heavy (non-hydrogen) atoms. The molecule has 0 unspecified atom stereocenters. The van der Waals surface area contributed by atoms with Crippen molar-refractivity contribution in [3.8, 4) is 0 Å². The van der Waals surface area contributed by atoms with Crippen LogP contribution < -0.4 is 5.73 Å². The van der Waals surface area contributed by atoms with Crippen molar-refractivity contribution in [1.29, 1.82) is 0 Å². The van der Waals surface area contributed by atoms with E-state index in [2.05, 4.69) is 21.6 Å². The third kappa shape index (κ3) is 1.70. The Kier molecular flexibility index (Phi) is 2.72. The SMILES string of the molecule is C=C1[C@@H](c2cnc3c(N)ncnn23)C[C@H](O)[C@H]1CO. The summed E-state index contributed by atoms with van der Waals surface area (Å²) >= 11 is 0. The zero-order valence-electron chi connectivity index (χ0n) is 10.3. The highest BCUT2D eigenvalue weighted by Gasteiger charge is 2.38. The topological polar surface area (TPSA) is 110 Å². The molecule has 1 aliphatic rings. The van der Waals surface area contributed by atoms with Gasteiger partial charge in [0.25, 0.3) is 0 Å². The summed E-state index contributed by atoms with van der Waals surface area (Å²) in [6.07, 6.45) is 2.95. The molecule has 0 spiro atoms. The second-order valence-corrected chi connectivity index (χ2v) is 4.78. The van der Waals surface area contributed by atoms with Crippen molar-refractivity contribution in [1.82, 2.24) is 19.6 Å². The molecule has 7 nitrogen and oxygen atoms in total. The fraction of sp³-hybridized carbons (Fsp3) is 0.417. The van der Waals surface area contributed by atoms with Gasteiger partial charge in [-0.15, -0.1) is 0 Å². The van der Waals surface area contributed by atoms with Gasteiger partial charge in [-0.25, -0.2) is 14.5 Å². The van der Waals surface area contributed by atoms with Crippen molar-refractivity contribution in [2.24, 2.45) is 5.92 Å². The molecular formula is C12H15N5O2. The lowest BCUT2D eigenvalue weighted by atomic mass is 9.97. The first kappa shape index (κ1) is 12.1. The van der Waals surface area contributed by atoms with E-state index >= 15 is 0 Å². The maximum Gasteiger partial charge on any atom is 0.196 e. The van der Waals surface area contributed by atoms with Crippen LogP contribution in [-0.4, -0.2) is 42.5 Å². The Morgan fingerprint density at radius 2 is 2.26 bits per heavy atom. The Morgan fingerprint density at radius 3 is 2.95 bits per heavy atom. The molecule has 1 saturated carbocycles. The number of fused-ring (bicyclic) bond motifs is 1. The monoisotopic (exact) mass is 261 g/mol. The van der Waals surface area contributed by atoms with Gasteiger partial charge in [-0.2, -0.15) is 5.10 Å². The largest absolute Gasteiger partial charge is 0.396 e. The molecule has 2 aromatic heterocycles. The van der Waals surface area contributed by atoms with Crippen LogP contribution in [0, 0.1) is 5.92 Å². The second-order valence-electron chi connectivity index (χ2n) is 4.78. The van der Waals surface area contributed by atoms with Crippen LogP contribution in [0.15, 0.2) is 24.7 Å². The second kappa shape index (κ2) is 4.29. The molecule has 0 amide bonds. The summed E-state index contributed by atoms with van der Waals surface area (Å²) in [5.74, 6) is -0.0738. The third-order valence-corrected chi connectivity index (χ3v) is 3.78. The molecule has 0 radical (unpaired) electrons. The van der Waals surface area contributed by atoms with Gasteiger partial charge < -0.3 is 15.9 Å². The number of aliphatic hydroxyl groups excluding tert-OH is 2. The number of rotatable bonds is 2. The van der Waals surface area contributed by atoms with Gasteiger partial charge >= 0.3 is 0 Å². The van der Waals surface area contributed by atoms with Gasteiger partial charge in [0.05, 0.1) is 24.6 Å². The number of anilines is 1. The van der Waals surface area contributed by atoms with Crippen LogP contribution in [0.25, 0.3) is 5.65 Å². The molecule has 1 aliphatic carbocycles. The van der Waals surface area contributed by atoms with Gasteiger partial charge in [0.15, 0.2) is 11.5 Å². The Labute approximate surface area is 109 Å². The van der Waals surface area contributed by atoms with Crippen LogP contribution in [-0.2, 0) is 0 Å². The first-order valence-electron chi connectivity index (χ1n) is 6.05. The van der Waals surface area contributed by atoms with E-state index in [0.717, 1.165) is 11.3 Å². The van der Waals surface area contributed by atoms with E-state index in [0.29, 0.717) is 17.9 Å². The maximum atomic E-state index is 9.95. The van der Waals surface area contributed by atoms with Crippen molar-refractivity contribution in [2.45, 2.75) is 18.4 Å². The number of hydrogen-bond donors (Lipinski definition) is 3. The number of aromatic nitrogens is 4. The average molecular weight is 261 g/mol. The molecule has 0 aliphatic heterocycles. The minimum atomic E-state index is -0.591. The molecule has 0 aromatic carbocycles. The minimum absolute atomic E-state index is 0.0866. The maximum absolute atomic E-state index is 9.95. The minimum Gasteiger partial charge on any atom is -0.396 e. The molecule has 2 aromatic rings. The summed E-state index contributed by atoms with van der Waals surface area (Å²) in [5.41, 5.74) is 7.84. The molecule has 0 saturated heterocycles. The average Bonchev–Trinajstić information content (AvgIpc) is 2.92. The summed E-state index contributed by atoms with van der Waals surface area (Å²) in [7, 11) is 0. The van der Waals surface area contributed by atoms with E-state index in [-0.39, 0.29) is 18.4 Å². The standard InChI is InChI=1S/C12H15N5O2/c1-6-7(2-10(19)8(6)4-18)9-3-14-12-11(13)15-5-16-17(9)12/h3,5,7-8,10,18-19H,1-2,4H2,(H2,13,15,16)/t7-,8-,10-/m0/s1. The van der Waals surface area contributed by atoms with Crippen molar-refractivity contribution in [3.63, 3.8) is 0 Å². The van der Waals surface area contributed by atoms with Gasteiger partial charge in [-0.05, 0) is 6.42 Å². The Bertz CT molecular complexity index is 638. The zero-order valence-corrected chi connectivity index (χ0v) is 10.3. The van der Waals surface area contributed by atoms with E-state index in [4.69, 9.17) is 5.73 Å². The molecule has 0 bridgehead atoms. The fourth-order valence-corrected chi connectivity index (χ4v) is 2.70. The highest BCUT2D eigenvalue weighted by molar-refractivity contribution is 5.59. The Morgan fingerprint density at radius 1 is 1.47 bits per heavy atom. The number of hydrogen-bond acceptors (Lipinski definition) is 6. The first-order chi connectivity index (χ1) is 9.13. The van der Waals surface area contributed by atoms with E-state index in [1.165, 1.54) is 6.33 Å². The van der Waals surface area contributed by atoms with Gasteiger partial charge in [0.2, 0.25) is 0 Å². The first-order valence-corrected chi connectivity index (χ1v) is 6.05.